The topological polar surface area (TPSA) is 50.9 Å². The molecule has 120 valence electrons. The quantitative estimate of drug-likeness (QED) is 0.860. The van der Waals surface area contributed by atoms with E-state index in [9.17, 15) is 4.39 Å². The number of imidazole rings is 1. The molecule has 7 heteroatoms. The highest BCUT2D eigenvalue weighted by molar-refractivity contribution is 5.05. The van der Waals surface area contributed by atoms with Gasteiger partial charge in [-0.05, 0) is 6.42 Å². The van der Waals surface area contributed by atoms with E-state index in [1.54, 1.807) is 11.0 Å². The molecular formula is C15H23FN6. The van der Waals surface area contributed by atoms with Gasteiger partial charge in [0.15, 0.2) is 0 Å². The molecule has 0 aliphatic carbocycles. The average molecular weight is 306 g/mol. The molecule has 0 bridgehead atoms. The van der Waals surface area contributed by atoms with Gasteiger partial charge < -0.3 is 9.88 Å². The van der Waals surface area contributed by atoms with Crippen molar-refractivity contribution in [1.82, 2.24) is 29.5 Å². The maximum atomic E-state index is 13.8. The van der Waals surface area contributed by atoms with Crippen molar-refractivity contribution in [2.75, 3.05) is 13.1 Å². The second kappa shape index (κ2) is 6.58. The number of alkyl halides is 1. The number of hydrogen-bond donors (Lipinski definition) is 1. The lowest BCUT2D eigenvalue weighted by Gasteiger charge is -2.23. The molecule has 1 aliphatic rings. The Bertz CT molecular complexity index is 607. The van der Waals surface area contributed by atoms with Crippen molar-refractivity contribution in [2.45, 2.75) is 31.7 Å². The van der Waals surface area contributed by atoms with Gasteiger partial charge in [0.2, 0.25) is 0 Å². The van der Waals surface area contributed by atoms with Gasteiger partial charge in [0.05, 0.1) is 18.2 Å². The van der Waals surface area contributed by atoms with Gasteiger partial charge in [0.25, 0.3) is 0 Å². The van der Waals surface area contributed by atoms with E-state index in [0.717, 1.165) is 30.9 Å². The molecule has 3 rings (SSSR count). The summed E-state index contributed by atoms with van der Waals surface area (Å²) in [7, 11) is 3.88. The Morgan fingerprint density at radius 1 is 1.36 bits per heavy atom. The zero-order valence-electron chi connectivity index (χ0n) is 13.1. The number of likely N-dealkylation sites (tertiary alicyclic amines) is 1. The average Bonchev–Trinajstić information content (AvgIpc) is 3.14. The van der Waals surface area contributed by atoms with E-state index in [2.05, 4.69) is 20.3 Å². The van der Waals surface area contributed by atoms with E-state index in [4.69, 9.17) is 0 Å². The zero-order valence-corrected chi connectivity index (χ0v) is 13.1. The van der Waals surface area contributed by atoms with Gasteiger partial charge in [0.1, 0.15) is 6.17 Å². The molecule has 1 fully saturated rings. The van der Waals surface area contributed by atoms with Crippen molar-refractivity contribution in [2.24, 2.45) is 14.1 Å². The molecule has 0 saturated carbocycles. The van der Waals surface area contributed by atoms with Gasteiger partial charge in [-0.15, -0.1) is 0 Å². The van der Waals surface area contributed by atoms with Crippen LogP contribution in [0.5, 0.6) is 0 Å². The van der Waals surface area contributed by atoms with Crippen LogP contribution in [0.4, 0.5) is 4.39 Å². The van der Waals surface area contributed by atoms with Crippen LogP contribution in [0.15, 0.2) is 24.9 Å². The maximum absolute atomic E-state index is 13.8. The van der Waals surface area contributed by atoms with Crippen molar-refractivity contribution in [3.05, 3.63) is 36.2 Å². The summed E-state index contributed by atoms with van der Waals surface area (Å²) in [6.45, 7) is 2.80. The van der Waals surface area contributed by atoms with Gasteiger partial charge in [0, 0.05) is 64.3 Å². The third-order valence-electron chi connectivity index (χ3n) is 4.22. The molecule has 0 radical (unpaired) electrons. The summed E-state index contributed by atoms with van der Waals surface area (Å²) in [5, 5.41) is 7.60. The minimum absolute atomic E-state index is 0.225. The smallest absolute Gasteiger partial charge is 0.114 e. The maximum Gasteiger partial charge on any atom is 0.114 e. The molecular weight excluding hydrogens is 283 g/mol. The van der Waals surface area contributed by atoms with Gasteiger partial charge >= 0.3 is 0 Å². The minimum Gasteiger partial charge on any atom is -0.337 e. The first-order chi connectivity index (χ1) is 10.6. The summed E-state index contributed by atoms with van der Waals surface area (Å²) in [5.74, 6) is 0. The molecule has 0 spiro atoms. The van der Waals surface area contributed by atoms with E-state index >= 15 is 0 Å². The summed E-state index contributed by atoms with van der Waals surface area (Å²) in [5.41, 5.74) is 2.27. The van der Waals surface area contributed by atoms with Gasteiger partial charge in [-0.3, -0.25) is 9.58 Å². The lowest BCUT2D eigenvalue weighted by molar-refractivity contribution is 0.230. The SMILES string of the molecule is Cn1cc(CN2C[C@@H](F)C[C@H]2CNCc2cncn2C)cn1. The van der Waals surface area contributed by atoms with E-state index in [1.165, 1.54) is 0 Å². The number of rotatable bonds is 6. The monoisotopic (exact) mass is 306 g/mol. The molecule has 1 N–H and O–H groups in total. The number of halogens is 1. The Morgan fingerprint density at radius 2 is 2.23 bits per heavy atom. The largest absolute Gasteiger partial charge is 0.337 e. The van der Waals surface area contributed by atoms with Crippen LogP contribution >= 0.6 is 0 Å². The first kappa shape index (κ1) is 15.2. The highest BCUT2D eigenvalue weighted by atomic mass is 19.1. The summed E-state index contributed by atoms with van der Waals surface area (Å²) >= 11 is 0. The summed E-state index contributed by atoms with van der Waals surface area (Å²) in [4.78, 5) is 6.31. The second-order valence-corrected chi connectivity index (χ2v) is 6.07. The molecule has 2 atom stereocenters. The van der Waals surface area contributed by atoms with E-state index in [0.29, 0.717) is 13.0 Å². The van der Waals surface area contributed by atoms with Crippen molar-refractivity contribution in [3.8, 4) is 0 Å². The Morgan fingerprint density at radius 3 is 2.91 bits per heavy atom. The Hall–Kier alpha value is -1.73. The third kappa shape index (κ3) is 3.53. The van der Waals surface area contributed by atoms with Crippen LogP contribution in [-0.2, 0) is 27.2 Å². The summed E-state index contributed by atoms with van der Waals surface area (Å²) in [6.07, 6.45) is 7.35. The zero-order chi connectivity index (χ0) is 15.5. The van der Waals surface area contributed by atoms with Crippen molar-refractivity contribution < 1.29 is 4.39 Å². The molecule has 2 aromatic heterocycles. The molecule has 0 aromatic carbocycles. The summed E-state index contributed by atoms with van der Waals surface area (Å²) < 4.78 is 17.6. The molecule has 0 unspecified atom stereocenters. The van der Waals surface area contributed by atoms with Crippen LogP contribution in [0.25, 0.3) is 0 Å². The second-order valence-electron chi connectivity index (χ2n) is 6.07. The summed E-state index contributed by atoms with van der Waals surface area (Å²) in [6, 6.07) is 0.225. The van der Waals surface area contributed by atoms with Crippen molar-refractivity contribution in [1.29, 1.82) is 0 Å². The van der Waals surface area contributed by atoms with Gasteiger partial charge in [-0.2, -0.15) is 5.10 Å². The molecule has 1 aliphatic heterocycles. The highest BCUT2D eigenvalue weighted by Gasteiger charge is 2.31. The fourth-order valence-electron chi connectivity index (χ4n) is 3.04. The predicted octanol–water partition coefficient (Wildman–Crippen LogP) is 0.856. The lowest BCUT2D eigenvalue weighted by atomic mass is 10.2. The molecule has 0 amide bonds. The molecule has 1 saturated heterocycles. The van der Waals surface area contributed by atoms with E-state index in [-0.39, 0.29) is 6.04 Å². The number of aryl methyl sites for hydroxylation is 2. The fraction of sp³-hybridized carbons (Fsp3) is 0.600. The van der Waals surface area contributed by atoms with Crippen LogP contribution in [0.2, 0.25) is 0 Å². The van der Waals surface area contributed by atoms with E-state index in [1.807, 2.05) is 37.3 Å². The molecule has 2 aromatic rings. The Labute approximate surface area is 129 Å². The van der Waals surface area contributed by atoms with Crippen molar-refractivity contribution in [3.63, 3.8) is 0 Å². The Balaban J connectivity index is 1.53. The number of nitrogens with zero attached hydrogens (tertiary/aromatic N) is 5. The van der Waals surface area contributed by atoms with Crippen molar-refractivity contribution >= 4 is 0 Å². The minimum atomic E-state index is -0.736. The molecule has 6 nitrogen and oxygen atoms in total. The van der Waals surface area contributed by atoms with Gasteiger partial charge in [-0.1, -0.05) is 0 Å². The molecule has 3 heterocycles. The normalized spacial score (nSPS) is 22.5. The predicted molar refractivity (Wildman–Crippen MR) is 81.8 cm³/mol. The van der Waals surface area contributed by atoms with Crippen LogP contribution < -0.4 is 5.32 Å². The lowest BCUT2D eigenvalue weighted by Crippen LogP contribution is -2.37. The first-order valence-corrected chi connectivity index (χ1v) is 7.63. The van der Waals surface area contributed by atoms with E-state index < -0.39 is 6.17 Å². The molecule has 22 heavy (non-hydrogen) atoms. The van der Waals surface area contributed by atoms with Crippen LogP contribution in [0, 0.1) is 0 Å². The van der Waals surface area contributed by atoms with Crippen LogP contribution in [0.1, 0.15) is 17.7 Å². The standard InChI is InChI=1S/C15H23FN6/c1-20-11-18-7-15(20)6-17-5-14-3-13(16)10-22(14)9-12-4-19-21(2)8-12/h4,7-8,11,13-14,17H,3,5-6,9-10H2,1-2H3/t13-,14-/m0/s1. The number of aromatic nitrogens is 4. The number of nitrogens with one attached hydrogen (secondary N) is 1. The fourth-order valence-corrected chi connectivity index (χ4v) is 3.04. The van der Waals surface area contributed by atoms with Gasteiger partial charge in [-0.25, -0.2) is 9.37 Å². The first-order valence-electron chi connectivity index (χ1n) is 7.63. The van der Waals surface area contributed by atoms with Crippen LogP contribution in [0.3, 0.4) is 0 Å². The highest BCUT2D eigenvalue weighted by Crippen LogP contribution is 2.22. The number of hydrogen-bond acceptors (Lipinski definition) is 4. The Kier molecular flexibility index (Phi) is 4.54. The third-order valence-corrected chi connectivity index (χ3v) is 4.22. The van der Waals surface area contributed by atoms with Crippen LogP contribution in [-0.4, -0.2) is 49.5 Å².